The first kappa shape index (κ1) is 36.8. The summed E-state index contributed by atoms with van der Waals surface area (Å²) in [5.74, 6) is -0.692. The van der Waals surface area contributed by atoms with Gasteiger partial charge < -0.3 is 24.6 Å². The van der Waals surface area contributed by atoms with E-state index in [9.17, 15) is 19.8 Å². The van der Waals surface area contributed by atoms with Crippen molar-refractivity contribution in [3.05, 3.63) is 66.0 Å². The molecule has 1 saturated carbocycles. The van der Waals surface area contributed by atoms with Crippen molar-refractivity contribution in [2.45, 2.75) is 134 Å². The highest BCUT2D eigenvalue weighted by Gasteiger charge is 2.38. The van der Waals surface area contributed by atoms with Crippen LogP contribution < -0.4 is 0 Å². The standard InChI is InChI=1S/C38H57N3O6/c1-27(33-17-10-11-22-39-33)13-12-14-28(2)36-29(3)18-19-34(38(5,45)21-20-32(42)25-35(43)47-36)46-37(44)40-23-24-41(30(4)26-40)31-15-8-6-7-9-16-31/h10-14,17-19,22,27,29-32,34,36,42,45H,6-9,15-16,20-21,23-26H2,1-5H3/b13-12+,19-18+,28-14+/t27?,29-,30?,32-,34-,36+,38-/m0/s1. The first-order valence-electron chi connectivity index (χ1n) is 17.7. The van der Waals surface area contributed by atoms with E-state index in [1.165, 1.54) is 38.5 Å². The lowest BCUT2D eigenvalue weighted by Gasteiger charge is -2.44. The van der Waals surface area contributed by atoms with Crippen molar-refractivity contribution in [1.82, 2.24) is 14.8 Å². The molecule has 2 fully saturated rings. The molecule has 260 valence electrons. The minimum atomic E-state index is -1.45. The minimum Gasteiger partial charge on any atom is -0.457 e. The molecule has 47 heavy (non-hydrogen) atoms. The van der Waals surface area contributed by atoms with Gasteiger partial charge in [0.2, 0.25) is 0 Å². The van der Waals surface area contributed by atoms with Gasteiger partial charge in [-0.2, -0.15) is 0 Å². The van der Waals surface area contributed by atoms with Crippen LogP contribution >= 0.6 is 0 Å². The SMILES string of the molecule is C/C(=C\C=C\C(C)c1ccccn1)[C@H]1OC(=O)C[C@@H](O)CC[C@](C)(O)[C@@H](OC(=O)N2CCN(C3CCCCCC3)C(C)C2)/C=C/[C@@H]1C. The second-order valence-electron chi connectivity index (χ2n) is 14.2. The molecule has 1 aliphatic carbocycles. The van der Waals surface area contributed by atoms with Crippen molar-refractivity contribution < 1.29 is 29.3 Å². The van der Waals surface area contributed by atoms with Gasteiger partial charge in [0, 0.05) is 55.4 Å². The molecule has 1 aromatic heterocycles. The van der Waals surface area contributed by atoms with Crippen molar-refractivity contribution in [3.63, 3.8) is 0 Å². The predicted molar refractivity (Wildman–Crippen MR) is 184 cm³/mol. The van der Waals surface area contributed by atoms with Crippen LogP contribution in [0.5, 0.6) is 0 Å². The lowest BCUT2D eigenvalue weighted by molar-refractivity contribution is -0.151. The number of ether oxygens (including phenoxy) is 2. The van der Waals surface area contributed by atoms with Crippen molar-refractivity contribution in [1.29, 1.82) is 0 Å². The predicted octanol–water partition coefficient (Wildman–Crippen LogP) is 6.32. The molecule has 2 N–H and O–H groups in total. The molecule has 7 atom stereocenters. The number of aromatic nitrogens is 1. The topological polar surface area (TPSA) is 112 Å². The van der Waals surface area contributed by atoms with Crippen molar-refractivity contribution in [2.75, 3.05) is 19.6 Å². The molecule has 1 aromatic rings. The number of pyridine rings is 1. The molecule has 1 saturated heterocycles. The Morgan fingerprint density at radius 3 is 2.55 bits per heavy atom. The van der Waals surface area contributed by atoms with E-state index < -0.39 is 36.0 Å². The number of piperazine rings is 1. The molecule has 0 spiro atoms. The fourth-order valence-corrected chi connectivity index (χ4v) is 7.12. The average molecular weight is 652 g/mol. The Morgan fingerprint density at radius 2 is 1.87 bits per heavy atom. The molecule has 0 radical (unpaired) electrons. The third-order valence-electron chi connectivity index (χ3n) is 10.1. The second kappa shape index (κ2) is 17.4. The molecule has 9 heteroatoms. The normalized spacial score (nSPS) is 32.5. The van der Waals surface area contributed by atoms with Crippen molar-refractivity contribution in [3.8, 4) is 0 Å². The zero-order chi connectivity index (χ0) is 34.0. The molecule has 2 aliphatic heterocycles. The van der Waals surface area contributed by atoms with E-state index in [1.807, 2.05) is 56.4 Å². The number of esters is 1. The minimum absolute atomic E-state index is 0.104. The monoisotopic (exact) mass is 651 g/mol. The lowest BCUT2D eigenvalue weighted by atomic mass is 9.88. The first-order valence-corrected chi connectivity index (χ1v) is 17.7. The fourth-order valence-electron chi connectivity index (χ4n) is 7.12. The van der Waals surface area contributed by atoms with Gasteiger partial charge in [0.1, 0.15) is 11.7 Å². The highest BCUT2D eigenvalue weighted by atomic mass is 16.6. The van der Waals surface area contributed by atoms with Gasteiger partial charge in [-0.3, -0.25) is 14.7 Å². The molecular formula is C38H57N3O6. The Hall–Kier alpha value is -3.01. The van der Waals surface area contributed by atoms with Crippen LogP contribution in [-0.4, -0.2) is 92.7 Å². The number of amides is 1. The highest BCUT2D eigenvalue weighted by Crippen LogP contribution is 2.29. The number of hydrogen-bond acceptors (Lipinski definition) is 8. The van der Waals surface area contributed by atoms with Crippen LogP contribution in [0.15, 0.2) is 60.3 Å². The van der Waals surface area contributed by atoms with E-state index in [0.29, 0.717) is 19.1 Å². The summed E-state index contributed by atoms with van der Waals surface area (Å²) in [5.41, 5.74) is 0.336. The number of rotatable bonds is 6. The summed E-state index contributed by atoms with van der Waals surface area (Å²) in [7, 11) is 0. The number of carbonyl (C=O) groups is 2. The van der Waals surface area contributed by atoms with E-state index in [-0.39, 0.29) is 37.1 Å². The van der Waals surface area contributed by atoms with Crippen LogP contribution in [0.3, 0.4) is 0 Å². The maximum absolute atomic E-state index is 13.5. The molecule has 0 aromatic carbocycles. The van der Waals surface area contributed by atoms with E-state index in [0.717, 1.165) is 17.8 Å². The summed E-state index contributed by atoms with van der Waals surface area (Å²) in [6.07, 6.45) is 16.0. The van der Waals surface area contributed by atoms with Crippen molar-refractivity contribution in [2.24, 2.45) is 5.92 Å². The summed E-state index contributed by atoms with van der Waals surface area (Å²) in [5, 5.41) is 22.2. The molecule has 1 amide bonds. The number of aliphatic hydroxyl groups is 2. The van der Waals surface area contributed by atoms with Crippen LogP contribution in [-0.2, 0) is 14.3 Å². The Balaban J connectivity index is 1.47. The lowest BCUT2D eigenvalue weighted by Crippen LogP contribution is -2.57. The van der Waals surface area contributed by atoms with Crippen LogP contribution in [0.2, 0.25) is 0 Å². The summed E-state index contributed by atoms with van der Waals surface area (Å²) >= 11 is 0. The number of hydrogen-bond donors (Lipinski definition) is 2. The molecule has 4 rings (SSSR count). The zero-order valence-corrected chi connectivity index (χ0v) is 29.1. The van der Waals surface area contributed by atoms with Crippen LogP contribution in [0.25, 0.3) is 0 Å². The summed E-state index contributed by atoms with van der Waals surface area (Å²) in [6.45, 7) is 11.7. The largest absolute Gasteiger partial charge is 0.457 e. The molecular weight excluding hydrogens is 594 g/mol. The van der Waals surface area contributed by atoms with E-state index >= 15 is 0 Å². The highest BCUT2D eigenvalue weighted by molar-refractivity contribution is 5.70. The van der Waals surface area contributed by atoms with Gasteiger partial charge in [-0.25, -0.2) is 4.79 Å². The van der Waals surface area contributed by atoms with Gasteiger partial charge in [-0.1, -0.05) is 69.9 Å². The fraction of sp³-hybridized carbons (Fsp3) is 0.658. The van der Waals surface area contributed by atoms with E-state index in [4.69, 9.17) is 9.47 Å². The van der Waals surface area contributed by atoms with Gasteiger partial charge in [-0.15, -0.1) is 0 Å². The summed E-state index contributed by atoms with van der Waals surface area (Å²) < 4.78 is 11.9. The molecule has 0 bridgehead atoms. The Bertz CT molecular complexity index is 1240. The average Bonchev–Trinajstić information content (AvgIpc) is 3.33. The van der Waals surface area contributed by atoms with E-state index in [2.05, 4.69) is 23.7 Å². The Labute approximate surface area is 281 Å². The smallest absolute Gasteiger partial charge is 0.410 e. The Morgan fingerprint density at radius 1 is 1.13 bits per heavy atom. The van der Waals surface area contributed by atoms with Gasteiger partial charge in [0.15, 0.2) is 6.10 Å². The van der Waals surface area contributed by atoms with E-state index in [1.54, 1.807) is 24.1 Å². The van der Waals surface area contributed by atoms with Gasteiger partial charge in [0.05, 0.1) is 12.5 Å². The van der Waals surface area contributed by atoms with Gasteiger partial charge in [-0.05, 0) is 70.2 Å². The molecule has 3 heterocycles. The van der Waals surface area contributed by atoms with Crippen LogP contribution in [0.4, 0.5) is 4.79 Å². The second-order valence-corrected chi connectivity index (χ2v) is 14.2. The van der Waals surface area contributed by atoms with Crippen LogP contribution in [0.1, 0.15) is 104 Å². The third kappa shape index (κ3) is 10.7. The molecule has 9 nitrogen and oxygen atoms in total. The Kier molecular flexibility index (Phi) is 13.6. The summed E-state index contributed by atoms with van der Waals surface area (Å²) in [6, 6.07) is 6.64. The number of cyclic esters (lactones) is 1. The third-order valence-corrected chi connectivity index (χ3v) is 10.1. The van der Waals surface area contributed by atoms with Crippen LogP contribution in [0, 0.1) is 5.92 Å². The molecule has 2 unspecified atom stereocenters. The number of carbonyl (C=O) groups excluding carboxylic acids is 2. The number of aliphatic hydroxyl groups excluding tert-OH is 1. The quantitative estimate of drug-likeness (QED) is 0.159. The van der Waals surface area contributed by atoms with Gasteiger partial charge in [0.25, 0.3) is 0 Å². The molecule has 3 aliphatic rings. The van der Waals surface area contributed by atoms with Gasteiger partial charge >= 0.3 is 12.1 Å². The first-order chi connectivity index (χ1) is 22.4. The number of nitrogens with zero attached hydrogens (tertiary/aromatic N) is 3. The zero-order valence-electron chi connectivity index (χ0n) is 29.1. The maximum Gasteiger partial charge on any atom is 0.410 e. The maximum atomic E-state index is 13.5. The van der Waals surface area contributed by atoms with Crippen molar-refractivity contribution >= 4 is 12.1 Å². The number of allylic oxidation sites excluding steroid dienone is 3. The summed E-state index contributed by atoms with van der Waals surface area (Å²) in [4.78, 5) is 35.1.